The van der Waals surface area contributed by atoms with E-state index in [1.54, 1.807) is 0 Å². The summed E-state index contributed by atoms with van der Waals surface area (Å²) in [6, 6.07) is 0. The first kappa shape index (κ1) is 8.81. The van der Waals surface area contributed by atoms with Gasteiger partial charge in [-0.2, -0.15) is 0 Å². The predicted molar refractivity (Wildman–Crippen MR) is 31.6 cm³/mol. The zero-order valence-electron chi connectivity index (χ0n) is 5.67. The zero-order valence-corrected chi connectivity index (χ0v) is 5.67. The molecule has 1 rings (SSSR count). The Bertz CT molecular complexity index is 151. The van der Waals surface area contributed by atoms with Crippen molar-refractivity contribution >= 4 is 6.98 Å². The van der Waals surface area contributed by atoms with Gasteiger partial charge < -0.3 is 12.9 Å². The van der Waals surface area contributed by atoms with Crippen molar-refractivity contribution in [3.8, 4) is 0 Å². The second-order valence-corrected chi connectivity index (χ2v) is 2.98. The van der Waals surface area contributed by atoms with E-state index in [-0.39, 0.29) is 0 Å². The Kier molecular flexibility index (Phi) is 1.88. The molecule has 66 valence electrons. The van der Waals surface area contributed by atoms with Crippen LogP contribution in [-0.2, 0) is 0 Å². The van der Waals surface area contributed by atoms with Crippen molar-refractivity contribution in [3.63, 3.8) is 0 Å². The van der Waals surface area contributed by atoms with Crippen LogP contribution in [0.5, 0.6) is 0 Å². The van der Waals surface area contributed by atoms with Gasteiger partial charge in [0.1, 0.15) is 0 Å². The Labute approximate surface area is 60.8 Å². The van der Waals surface area contributed by atoms with E-state index in [1.807, 2.05) is 0 Å². The van der Waals surface area contributed by atoms with Crippen molar-refractivity contribution in [3.05, 3.63) is 0 Å². The Morgan fingerprint density at radius 2 is 1.73 bits per heavy atom. The van der Waals surface area contributed by atoms with Crippen molar-refractivity contribution in [2.75, 3.05) is 0 Å². The molecule has 0 aromatic rings. The van der Waals surface area contributed by atoms with Crippen LogP contribution in [0.15, 0.2) is 0 Å². The van der Waals surface area contributed by atoms with Crippen molar-refractivity contribution in [1.82, 2.24) is 0 Å². The van der Waals surface area contributed by atoms with E-state index in [0.717, 1.165) is 0 Å². The average Bonchev–Trinajstić information content (AvgIpc) is 2.07. The highest BCUT2D eigenvalue weighted by Crippen LogP contribution is 2.48. The summed E-state index contributed by atoms with van der Waals surface area (Å²) in [5.74, 6) is -4.81. The Hall–Kier alpha value is -0.285. The van der Waals surface area contributed by atoms with Crippen LogP contribution in [0.3, 0.4) is 0 Å². The molecule has 1 saturated carbocycles. The van der Waals surface area contributed by atoms with Crippen LogP contribution < -0.4 is 0 Å². The third-order valence-electron chi connectivity index (χ3n) is 1.98. The largest absolute Gasteiger partial charge is 0.481 e. The lowest BCUT2D eigenvalue weighted by Crippen LogP contribution is -2.23. The Balaban J connectivity index is 2.55. The van der Waals surface area contributed by atoms with E-state index in [4.69, 9.17) is 0 Å². The molecule has 0 heterocycles. The van der Waals surface area contributed by atoms with Gasteiger partial charge in [0, 0.05) is 6.42 Å². The fraction of sp³-hybridized carbons (Fsp3) is 1.00. The van der Waals surface area contributed by atoms with Gasteiger partial charge in [-0.1, -0.05) is 12.2 Å². The molecule has 1 aliphatic carbocycles. The van der Waals surface area contributed by atoms with Crippen LogP contribution in [-0.4, -0.2) is 12.9 Å². The molecule has 6 heteroatoms. The van der Waals surface area contributed by atoms with Crippen LogP contribution >= 0.6 is 0 Å². The maximum absolute atomic E-state index is 12.2. The van der Waals surface area contributed by atoms with Crippen molar-refractivity contribution < 1.29 is 21.7 Å². The van der Waals surface area contributed by atoms with E-state index < -0.39 is 38.0 Å². The molecule has 0 aromatic carbocycles. The number of alkyl halides is 2. The minimum Gasteiger partial charge on any atom is -0.449 e. The molecule has 0 spiro atoms. The number of hydrogen-bond acceptors (Lipinski definition) is 0. The van der Waals surface area contributed by atoms with Crippen LogP contribution in [0.2, 0.25) is 5.82 Å². The van der Waals surface area contributed by atoms with Gasteiger partial charge in [0.2, 0.25) is 5.92 Å². The maximum atomic E-state index is 12.2. The molecule has 0 saturated heterocycles. The molecule has 0 radical (unpaired) electrons. The summed E-state index contributed by atoms with van der Waals surface area (Å²) in [5, 5.41) is 0. The quantitative estimate of drug-likeness (QED) is 0.422. The molecule has 0 N–H and O–H groups in total. The third kappa shape index (κ3) is 2.07. The monoisotopic (exact) mass is 173 g/mol. The second-order valence-electron chi connectivity index (χ2n) is 2.98. The molecular formula is C5H7BF5-. The standard InChI is InChI=1S/C5H7BF5/c7-5(8)2-1-4(3-5)6(9,10)11/h4H,1-3H2/q-1. The zero-order chi connectivity index (χ0) is 8.70. The highest BCUT2D eigenvalue weighted by molar-refractivity contribution is 6.60. The normalized spacial score (nSPS) is 30.8. The fourth-order valence-corrected chi connectivity index (χ4v) is 1.31. The minimum atomic E-state index is -5.05. The molecule has 1 atom stereocenters. The third-order valence-corrected chi connectivity index (χ3v) is 1.98. The summed E-state index contributed by atoms with van der Waals surface area (Å²) < 4.78 is 60.0. The average molecular weight is 173 g/mol. The van der Waals surface area contributed by atoms with Crippen LogP contribution in [0.4, 0.5) is 21.7 Å². The summed E-state index contributed by atoms with van der Waals surface area (Å²) >= 11 is 0. The number of halogens is 5. The SMILES string of the molecule is F[B-](F)(F)C1CCC(F)(F)C1. The lowest BCUT2D eigenvalue weighted by molar-refractivity contribution is 0.00840. The lowest BCUT2D eigenvalue weighted by atomic mass is 9.71. The van der Waals surface area contributed by atoms with Crippen LogP contribution in [0.25, 0.3) is 0 Å². The van der Waals surface area contributed by atoms with E-state index >= 15 is 0 Å². The van der Waals surface area contributed by atoms with Crippen molar-refractivity contribution in [2.24, 2.45) is 0 Å². The predicted octanol–water partition coefficient (Wildman–Crippen LogP) is 3.02. The first-order valence-electron chi connectivity index (χ1n) is 3.39. The van der Waals surface area contributed by atoms with Gasteiger partial charge in [-0.15, -0.1) is 0 Å². The molecule has 0 aliphatic heterocycles. The second kappa shape index (κ2) is 2.35. The summed E-state index contributed by atoms with van der Waals surface area (Å²) in [6.07, 6.45) is -2.02. The first-order chi connectivity index (χ1) is 4.81. The lowest BCUT2D eigenvalue weighted by Gasteiger charge is -2.21. The highest BCUT2D eigenvalue weighted by Gasteiger charge is 2.47. The van der Waals surface area contributed by atoms with Crippen molar-refractivity contribution in [1.29, 1.82) is 0 Å². The molecule has 0 nitrogen and oxygen atoms in total. The molecule has 1 aliphatic rings. The molecule has 1 unspecified atom stereocenters. The van der Waals surface area contributed by atoms with Gasteiger partial charge in [-0.3, -0.25) is 0 Å². The Morgan fingerprint density at radius 3 is 1.91 bits per heavy atom. The molecule has 0 aromatic heterocycles. The smallest absolute Gasteiger partial charge is 0.449 e. The molecule has 0 amide bonds. The summed E-state index contributed by atoms with van der Waals surface area (Å²) in [6.45, 7) is -5.05. The van der Waals surface area contributed by atoms with Gasteiger partial charge in [-0.25, -0.2) is 8.78 Å². The van der Waals surface area contributed by atoms with Crippen molar-refractivity contribution in [2.45, 2.75) is 31.0 Å². The maximum Gasteiger partial charge on any atom is 0.481 e. The highest BCUT2D eigenvalue weighted by atomic mass is 19.4. The van der Waals surface area contributed by atoms with Gasteiger partial charge in [0.25, 0.3) is 0 Å². The van der Waals surface area contributed by atoms with Gasteiger partial charge in [0.15, 0.2) is 0 Å². The number of rotatable bonds is 1. The topological polar surface area (TPSA) is 0 Å². The molecule has 11 heavy (non-hydrogen) atoms. The Morgan fingerprint density at radius 1 is 1.18 bits per heavy atom. The van der Waals surface area contributed by atoms with E-state index in [2.05, 4.69) is 0 Å². The molecular weight excluding hydrogens is 166 g/mol. The van der Waals surface area contributed by atoms with Crippen LogP contribution in [0.1, 0.15) is 19.3 Å². The number of hydrogen-bond donors (Lipinski definition) is 0. The minimum absolute atomic E-state index is 0.406. The van der Waals surface area contributed by atoms with Gasteiger partial charge >= 0.3 is 6.98 Å². The summed E-state index contributed by atoms with van der Waals surface area (Å²) in [7, 11) is 0. The molecule has 1 fully saturated rings. The summed E-state index contributed by atoms with van der Waals surface area (Å²) in [4.78, 5) is 0. The molecule has 0 bridgehead atoms. The van der Waals surface area contributed by atoms with Gasteiger partial charge in [-0.05, 0) is 6.42 Å². The van der Waals surface area contributed by atoms with Crippen LogP contribution in [0, 0.1) is 0 Å². The van der Waals surface area contributed by atoms with E-state index in [1.165, 1.54) is 0 Å². The first-order valence-corrected chi connectivity index (χ1v) is 3.39. The van der Waals surface area contributed by atoms with E-state index in [9.17, 15) is 21.7 Å². The fourth-order valence-electron chi connectivity index (χ4n) is 1.31. The van der Waals surface area contributed by atoms with E-state index in [0.29, 0.717) is 0 Å². The van der Waals surface area contributed by atoms with Gasteiger partial charge in [0.05, 0.1) is 0 Å². The summed E-state index contributed by atoms with van der Waals surface area (Å²) in [5.41, 5.74) is 0.